The number of benzene rings is 1. The summed E-state index contributed by atoms with van der Waals surface area (Å²) in [6.07, 6.45) is 2.34. The van der Waals surface area contributed by atoms with Crippen LogP contribution in [0.15, 0.2) is 17.0 Å². The highest BCUT2D eigenvalue weighted by atomic mass is 127. The van der Waals surface area contributed by atoms with Gasteiger partial charge in [-0.1, -0.05) is 29.0 Å². The van der Waals surface area contributed by atoms with Crippen molar-refractivity contribution in [2.75, 3.05) is 11.0 Å². The van der Waals surface area contributed by atoms with Crippen LogP contribution >= 0.6 is 22.6 Å². The van der Waals surface area contributed by atoms with E-state index in [1.165, 1.54) is 0 Å². The fourth-order valence-electron chi connectivity index (χ4n) is 1.46. The first kappa shape index (κ1) is 16.7. The van der Waals surface area contributed by atoms with Gasteiger partial charge in [0.2, 0.25) is 10.0 Å². The Morgan fingerprint density at radius 1 is 1.05 bits per heavy atom. The van der Waals surface area contributed by atoms with Crippen molar-refractivity contribution in [2.24, 2.45) is 0 Å². The number of sulfonamides is 1. The molecular formula is C11H13F3INO2S. The van der Waals surface area contributed by atoms with Crippen molar-refractivity contribution >= 4 is 32.6 Å². The van der Waals surface area contributed by atoms with E-state index in [2.05, 4.69) is 27.3 Å². The van der Waals surface area contributed by atoms with Crippen molar-refractivity contribution in [2.45, 2.75) is 24.2 Å². The molecule has 1 rings (SSSR count). The maximum absolute atomic E-state index is 13.3. The smallest absolute Gasteiger partial charge is 0.211 e. The first-order valence-corrected chi connectivity index (χ1v) is 8.59. The number of rotatable bonds is 7. The maximum Gasteiger partial charge on any atom is 0.246 e. The number of unbranched alkanes of at least 4 members (excludes halogenated alkanes) is 2. The predicted octanol–water partition coefficient (Wildman–Crippen LogP) is 2.99. The average molecular weight is 407 g/mol. The quantitative estimate of drug-likeness (QED) is 0.429. The molecule has 108 valence electrons. The van der Waals surface area contributed by atoms with Gasteiger partial charge in [-0.3, -0.25) is 0 Å². The van der Waals surface area contributed by atoms with Crippen LogP contribution in [-0.4, -0.2) is 19.4 Å². The van der Waals surface area contributed by atoms with Gasteiger partial charge in [0.1, 0.15) is 17.5 Å². The van der Waals surface area contributed by atoms with Gasteiger partial charge in [0.25, 0.3) is 0 Å². The zero-order valence-electron chi connectivity index (χ0n) is 9.93. The van der Waals surface area contributed by atoms with Crippen LogP contribution in [0, 0.1) is 17.5 Å². The van der Waals surface area contributed by atoms with Gasteiger partial charge in [0, 0.05) is 18.7 Å². The SMILES string of the molecule is O=S(=O)(NCCCCCI)c1c(F)cc(F)cc1F. The molecule has 0 atom stereocenters. The fraction of sp³-hybridized carbons (Fsp3) is 0.455. The zero-order chi connectivity index (χ0) is 14.5. The molecule has 0 radical (unpaired) electrons. The van der Waals surface area contributed by atoms with E-state index >= 15 is 0 Å². The van der Waals surface area contributed by atoms with Gasteiger partial charge in [-0.25, -0.2) is 26.3 Å². The van der Waals surface area contributed by atoms with Crippen LogP contribution in [0.2, 0.25) is 0 Å². The minimum atomic E-state index is -4.29. The lowest BCUT2D eigenvalue weighted by molar-refractivity contribution is 0.493. The van der Waals surface area contributed by atoms with Crippen molar-refractivity contribution in [3.63, 3.8) is 0 Å². The van der Waals surface area contributed by atoms with Crippen molar-refractivity contribution < 1.29 is 21.6 Å². The second kappa shape index (κ2) is 7.44. The van der Waals surface area contributed by atoms with Gasteiger partial charge < -0.3 is 0 Å². The van der Waals surface area contributed by atoms with Crippen LogP contribution in [0.25, 0.3) is 0 Å². The van der Waals surface area contributed by atoms with Gasteiger partial charge in [0.15, 0.2) is 4.90 Å². The summed E-state index contributed by atoms with van der Waals surface area (Å²) < 4.78 is 65.8. The Bertz CT molecular complexity index is 514. The summed E-state index contributed by atoms with van der Waals surface area (Å²) in [7, 11) is -4.29. The molecule has 0 aromatic heterocycles. The standard InChI is InChI=1S/C11H13F3INO2S/c12-8-6-9(13)11(10(14)7-8)19(17,18)16-5-3-1-2-4-15/h6-7,16H,1-5H2. The highest BCUT2D eigenvalue weighted by Crippen LogP contribution is 2.19. The van der Waals surface area contributed by atoms with Gasteiger partial charge in [0.05, 0.1) is 0 Å². The molecule has 0 bridgehead atoms. The van der Waals surface area contributed by atoms with Gasteiger partial charge >= 0.3 is 0 Å². The normalized spacial score (nSPS) is 11.8. The average Bonchev–Trinajstić information content (AvgIpc) is 2.26. The Hall–Kier alpha value is -0.350. The second-order valence-electron chi connectivity index (χ2n) is 3.85. The lowest BCUT2D eigenvalue weighted by atomic mass is 10.3. The minimum absolute atomic E-state index is 0.0925. The Labute approximate surface area is 123 Å². The third kappa shape index (κ3) is 4.92. The van der Waals surface area contributed by atoms with Crippen LogP contribution in [0.3, 0.4) is 0 Å². The number of nitrogens with one attached hydrogen (secondary N) is 1. The summed E-state index contributed by atoms with van der Waals surface area (Å²) in [5.74, 6) is -4.02. The molecule has 3 nitrogen and oxygen atoms in total. The predicted molar refractivity (Wildman–Crippen MR) is 74.2 cm³/mol. The summed E-state index contributed by atoms with van der Waals surface area (Å²) in [5, 5.41) is 0. The number of hydrogen-bond donors (Lipinski definition) is 1. The van der Waals surface area contributed by atoms with E-state index in [9.17, 15) is 21.6 Å². The molecule has 0 aliphatic heterocycles. The second-order valence-corrected chi connectivity index (χ2v) is 6.63. The molecule has 0 spiro atoms. The maximum atomic E-state index is 13.3. The Balaban J connectivity index is 2.78. The Morgan fingerprint density at radius 2 is 1.63 bits per heavy atom. The third-order valence-corrected chi connectivity index (χ3v) is 4.61. The van der Waals surface area contributed by atoms with Gasteiger partial charge in [-0.15, -0.1) is 0 Å². The molecule has 19 heavy (non-hydrogen) atoms. The van der Waals surface area contributed by atoms with E-state index in [0.29, 0.717) is 18.6 Å². The molecule has 0 amide bonds. The summed E-state index contributed by atoms with van der Waals surface area (Å²) >= 11 is 2.20. The summed E-state index contributed by atoms with van der Waals surface area (Å²) in [6, 6.07) is 0.682. The number of halogens is 4. The molecule has 0 unspecified atom stereocenters. The molecule has 0 saturated carbocycles. The van der Waals surface area contributed by atoms with Crippen molar-refractivity contribution in [1.29, 1.82) is 0 Å². The Morgan fingerprint density at radius 3 is 2.16 bits per heavy atom. The van der Waals surface area contributed by atoms with Crippen LogP contribution in [0.4, 0.5) is 13.2 Å². The van der Waals surface area contributed by atoms with E-state index < -0.39 is 32.4 Å². The molecule has 0 fully saturated rings. The molecule has 1 aromatic rings. The van der Waals surface area contributed by atoms with E-state index in [1.807, 2.05) is 0 Å². The zero-order valence-corrected chi connectivity index (χ0v) is 12.9. The molecule has 0 heterocycles. The van der Waals surface area contributed by atoms with Gasteiger partial charge in [-0.2, -0.15) is 0 Å². The first-order valence-electron chi connectivity index (χ1n) is 5.58. The monoisotopic (exact) mass is 407 g/mol. The minimum Gasteiger partial charge on any atom is -0.211 e. The van der Waals surface area contributed by atoms with E-state index in [-0.39, 0.29) is 6.54 Å². The van der Waals surface area contributed by atoms with E-state index in [4.69, 9.17) is 0 Å². The van der Waals surface area contributed by atoms with Crippen molar-refractivity contribution in [1.82, 2.24) is 4.72 Å². The molecule has 1 aromatic carbocycles. The van der Waals surface area contributed by atoms with Crippen LogP contribution in [0.5, 0.6) is 0 Å². The summed E-state index contributed by atoms with van der Waals surface area (Å²) in [6.45, 7) is 0.0925. The van der Waals surface area contributed by atoms with Crippen molar-refractivity contribution in [3.8, 4) is 0 Å². The highest BCUT2D eigenvalue weighted by Gasteiger charge is 2.24. The molecule has 0 saturated heterocycles. The molecular weight excluding hydrogens is 394 g/mol. The first-order chi connectivity index (χ1) is 8.88. The molecule has 1 N–H and O–H groups in total. The van der Waals surface area contributed by atoms with Crippen LogP contribution < -0.4 is 4.72 Å². The summed E-state index contributed by atoms with van der Waals surface area (Å²) in [5.41, 5.74) is 0. The van der Waals surface area contributed by atoms with E-state index in [1.54, 1.807) is 0 Å². The molecule has 0 aliphatic carbocycles. The van der Waals surface area contributed by atoms with Gasteiger partial charge in [-0.05, 0) is 17.3 Å². The largest absolute Gasteiger partial charge is 0.246 e. The van der Waals surface area contributed by atoms with Crippen molar-refractivity contribution in [3.05, 3.63) is 29.6 Å². The molecule has 0 aliphatic rings. The lowest BCUT2D eigenvalue weighted by Crippen LogP contribution is -2.26. The number of hydrogen-bond acceptors (Lipinski definition) is 2. The summed E-state index contributed by atoms with van der Waals surface area (Å²) in [4.78, 5) is -1.14. The topological polar surface area (TPSA) is 46.2 Å². The molecule has 8 heteroatoms. The Kier molecular flexibility index (Phi) is 6.54. The van der Waals surface area contributed by atoms with Crippen LogP contribution in [-0.2, 0) is 10.0 Å². The fourth-order valence-corrected chi connectivity index (χ4v) is 3.19. The van der Waals surface area contributed by atoms with Crippen LogP contribution in [0.1, 0.15) is 19.3 Å². The highest BCUT2D eigenvalue weighted by molar-refractivity contribution is 14.1. The number of alkyl halides is 1. The van der Waals surface area contributed by atoms with E-state index in [0.717, 1.165) is 17.3 Å². The lowest BCUT2D eigenvalue weighted by Gasteiger charge is -2.08. The third-order valence-electron chi connectivity index (χ3n) is 2.33.